The molecule has 0 aliphatic heterocycles. The molecule has 98 valence electrons. The zero-order valence-electron chi connectivity index (χ0n) is 11.6. The van der Waals surface area contributed by atoms with Crippen molar-refractivity contribution in [3.63, 3.8) is 0 Å². The molecule has 1 heterocycles. The predicted octanol–water partition coefficient (Wildman–Crippen LogP) is 2.23. The largest absolute Gasteiger partial charge is 0.368 e. The molecule has 0 saturated carbocycles. The summed E-state index contributed by atoms with van der Waals surface area (Å²) in [6, 6.07) is 0. The van der Waals surface area contributed by atoms with E-state index in [2.05, 4.69) is 36.2 Å². The summed E-state index contributed by atoms with van der Waals surface area (Å²) in [6.07, 6.45) is 0. The molecule has 1 aromatic heterocycles. The van der Waals surface area contributed by atoms with Gasteiger partial charge in [0, 0.05) is 12.1 Å². The lowest BCUT2D eigenvalue weighted by Gasteiger charge is -2.20. The first-order chi connectivity index (χ1) is 7.74. The smallest absolute Gasteiger partial charge is 0.240 e. The number of hydrogen-bond acceptors (Lipinski definition) is 5. The molecule has 0 amide bonds. The standard InChI is InChI=1S/C12H23N3O2/c1-7-16-12(5,6)10-14-9(17-15-10)8-13-11(2,3)4/h13H,7-8H2,1-6H3. The van der Waals surface area contributed by atoms with Crippen LogP contribution in [0.25, 0.3) is 0 Å². The quantitative estimate of drug-likeness (QED) is 0.856. The van der Waals surface area contributed by atoms with Crippen molar-refractivity contribution >= 4 is 0 Å². The van der Waals surface area contributed by atoms with Crippen LogP contribution in [0.15, 0.2) is 4.52 Å². The monoisotopic (exact) mass is 241 g/mol. The van der Waals surface area contributed by atoms with E-state index in [9.17, 15) is 0 Å². The van der Waals surface area contributed by atoms with Crippen molar-refractivity contribution in [1.29, 1.82) is 0 Å². The molecule has 0 aliphatic rings. The van der Waals surface area contributed by atoms with Gasteiger partial charge in [-0.05, 0) is 41.5 Å². The Morgan fingerprint density at radius 2 is 1.88 bits per heavy atom. The molecule has 0 saturated heterocycles. The number of rotatable bonds is 5. The van der Waals surface area contributed by atoms with Gasteiger partial charge in [-0.15, -0.1) is 0 Å². The molecule has 0 bridgehead atoms. The van der Waals surface area contributed by atoms with Crippen LogP contribution in [0, 0.1) is 0 Å². The SMILES string of the molecule is CCOC(C)(C)c1noc(CNC(C)(C)C)n1. The molecule has 0 fully saturated rings. The minimum atomic E-state index is -0.502. The Labute approximate surface area is 103 Å². The van der Waals surface area contributed by atoms with Gasteiger partial charge in [0.2, 0.25) is 11.7 Å². The molecule has 1 N–H and O–H groups in total. The van der Waals surface area contributed by atoms with Crippen LogP contribution in [0.1, 0.15) is 53.3 Å². The van der Waals surface area contributed by atoms with E-state index < -0.39 is 5.60 Å². The highest BCUT2D eigenvalue weighted by Gasteiger charge is 2.27. The van der Waals surface area contributed by atoms with Crippen LogP contribution in [0.3, 0.4) is 0 Å². The Balaban J connectivity index is 2.65. The van der Waals surface area contributed by atoms with Crippen LogP contribution in [0.5, 0.6) is 0 Å². The Bertz CT molecular complexity index is 353. The number of aromatic nitrogens is 2. The van der Waals surface area contributed by atoms with E-state index in [4.69, 9.17) is 9.26 Å². The van der Waals surface area contributed by atoms with E-state index in [1.54, 1.807) is 0 Å². The van der Waals surface area contributed by atoms with Crippen molar-refractivity contribution in [1.82, 2.24) is 15.5 Å². The summed E-state index contributed by atoms with van der Waals surface area (Å²) in [5.74, 6) is 1.17. The van der Waals surface area contributed by atoms with Gasteiger partial charge in [0.05, 0.1) is 6.54 Å². The van der Waals surface area contributed by atoms with E-state index >= 15 is 0 Å². The highest BCUT2D eigenvalue weighted by atomic mass is 16.5. The van der Waals surface area contributed by atoms with Crippen LogP contribution in [0.2, 0.25) is 0 Å². The molecular formula is C12H23N3O2. The van der Waals surface area contributed by atoms with Crippen molar-refractivity contribution in [2.24, 2.45) is 0 Å². The summed E-state index contributed by atoms with van der Waals surface area (Å²) < 4.78 is 10.8. The van der Waals surface area contributed by atoms with Crippen LogP contribution < -0.4 is 5.32 Å². The van der Waals surface area contributed by atoms with Gasteiger partial charge in [-0.2, -0.15) is 4.98 Å². The zero-order chi connectivity index (χ0) is 13.1. The second-order valence-corrected chi connectivity index (χ2v) is 5.56. The van der Waals surface area contributed by atoms with E-state index in [1.165, 1.54) is 0 Å². The summed E-state index contributed by atoms with van der Waals surface area (Å²) in [4.78, 5) is 4.34. The lowest BCUT2D eigenvalue weighted by Crippen LogP contribution is -2.35. The predicted molar refractivity (Wildman–Crippen MR) is 65.5 cm³/mol. The number of hydrogen-bond donors (Lipinski definition) is 1. The fraction of sp³-hybridized carbons (Fsp3) is 0.833. The third-order valence-electron chi connectivity index (χ3n) is 2.28. The Kier molecular flexibility index (Phi) is 4.27. The van der Waals surface area contributed by atoms with E-state index in [0.717, 1.165) is 0 Å². The highest BCUT2D eigenvalue weighted by Crippen LogP contribution is 2.21. The fourth-order valence-corrected chi connectivity index (χ4v) is 1.34. The van der Waals surface area contributed by atoms with Crippen LogP contribution in [-0.4, -0.2) is 22.3 Å². The van der Waals surface area contributed by atoms with E-state index in [-0.39, 0.29) is 5.54 Å². The van der Waals surface area contributed by atoms with Gasteiger partial charge in [0.25, 0.3) is 0 Å². The van der Waals surface area contributed by atoms with Crippen LogP contribution in [-0.2, 0) is 16.9 Å². The normalized spacial score (nSPS) is 13.1. The summed E-state index contributed by atoms with van der Waals surface area (Å²) in [6.45, 7) is 13.3. The van der Waals surface area contributed by atoms with E-state index in [0.29, 0.717) is 24.9 Å². The molecule has 0 atom stereocenters. The Morgan fingerprint density at radius 3 is 2.41 bits per heavy atom. The first-order valence-electron chi connectivity index (χ1n) is 5.96. The Hall–Kier alpha value is -0.940. The number of ether oxygens (including phenoxy) is 1. The fourth-order valence-electron chi connectivity index (χ4n) is 1.34. The molecular weight excluding hydrogens is 218 g/mol. The molecule has 17 heavy (non-hydrogen) atoms. The topological polar surface area (TPSA) is 60.2 Å². The van der Waals surface area contributed by atoms with Crippen molar-refractivity contribution in [2.75, 3.05) is 6.61 Å². The molecule has 5 nitrogen and oxygen atoms in total. The van der Waals surface area contributed by atoms with Gasteiger partial charge in [-0.3, -0.25) is 0 Å². The highest BCUT2D eigenvalue weighted by molar-refractivity contribution is 4.97. The molecule has 0 spiro atoms. The first kappa shape index (κ1) is 14.1. The van der Waals surface area contributed by atoms with Crippen LogP contribution in [0.4, 0.5) is 0 Å². The molecule has 0 aromatic carbocycles. The third-order valence-corrected chi connectivity index (χ3v) is 2.28. The van der Waals surface area contributed by atoms with Crippen molar-refractivity contribution < 1.29 is 9.26 Å². The average molecular weight is 241 g/mol. The van der Waals surface area contributed by atoms with Gasteiger partial charge >= 0.3 is 0 Å². The molecule has 0 radical (unpaired) electrons. The Morgan fingerprint density at radius 1 is 1.24 bits per heavy atom. The zero-order valence-corrected chi connectivity index (χ0v) is 11.6. The molecule has 0 unspecified atom stereocenters. The van der Waals surface area contributed by atoms with Gasteiger partial charge in [-0.25, -0.2) is 0 Å². The van der Waals surface area contributed by atoms with E-state index in [1.807, 2.05) is 20.8 Å². The summed E-state index contributed by atoms with van der Waals surface area (Å²) in [5.41, 5.74) is -0.470. The minimum absolute atomic E-state index is 0.0318. The molecule has 0 aliphatic carbocycles. The molecule has 1 rings (SSSR count). The van der Waals surface area contributed by atoms with Crippen molar-refractivity contribution in [3.05, 3.63) is 11.7 Å². The second kappa shape index (κ2) is 5.14. The summed E-state index contributed by atoms with van der Waals surface area (Å²) >= 11 is 0. The molecule has 1 aromatic rings. The second-order valence-electron chi connectivity index (χ2n) is 5.56. The summed E-state index contributed by atoms with van der Waals surface area (Å²) in [7, 11) is 0. The minimum Gasteiger partial charge on any atom is -0.368 e. The number of nitrogens with one attached hydrogen (secondary N) is 1. The maximum atomic E-state index is 5.57. The molecule has 5 heteroatoms. The van der Waals surface area contributed by atoms with Gasteiger partial charge in [0.1, 0.15) is 5.60 Å². The first-order valence-corrected chi connectivity index (χ1v) is 5.96. The lowest BCUT2D eigenvalue weighted by molar-refractivity contribution is -0.0221. The number of nitrogens with zero attached hydrogens (tertiary/aromatic N) is 2. The van der Waals surface area contributed by atoms with Crippen molar-refractivity contribution in [3.8, 4) is 0 Å². The van der Waals surface area contributed by atoms with Crippen LogP contribution >= 0.6 is 0 Å². The van der Waals surface area contributed by atoms with Crippen molar-refractivity contribution in [2.45, 2.75) is 59.2 Å². The average Bonchev–Trinajstić information content (AvgIpc) is 2.62. The third kappa shape index (κ3) is 4.44. The van der Waals surface area contributed by atoms with Gasteiger partial charge in [0.15, 0.2) is 0 Å². The van der Waals surface area contributed by atoms with Gasteiger partial charge in [-0.1, -0.05) is 5.16 Å². The van der Waals surface area contributed by atoms with Gasteiger partial charge < -0.3 is 14.6 Å². The maximum Gasteiger partial charge on any atom is 0.240 e. The summed E-state index contributed by atoms with van der Waals surface area (Å²) in [5, 5.41) is 7.25. The lowest BCUT2D eigenvalue weighted by atomic mass is 10.1. The maximum absolute atomic E-state index is 5.57.